The van der Waals surface area contributed by atoms with E-state index in [1.165, 1.54) is 12.5 Å². The number of halogens is 1. The quantitative estimate of drug-likeness (QED) is 0.808. The van der Waals surface area contributed by atoms with Crippen LogP contribution in [-0.4, -0.2) is 10.5 Å². The molecule has 0 unspecified atom stereocenters. The smallest absolute Gasteiger partial charge is 0.257 e. The lowest BCUT2D eigenvalue weighted by Gasteiger charge is -2.10. The third kappa shape index (κ3) is 2.51. The third-order valence-electron chi connectivity index (χ3n) is 3.40. The van der Waals surface area contributed by atoms with Gasteiger partial charge in [0.25, 0.3) is 5.91 Å². The van der Waals surface area contributed by atoms with Crippen molar-refractivity contribution in [2.75, 3.05) is 0 Å². The highest BCUT2D eigenvalue weighted by molar-refractivity contribution is 6.35. The number of amides is 1. The number of rotatable bonds is 3. The van der Waals surface area contributed by atoms with Gasteiger partial charge in [0.05, 0.1) is 23.3 Å². The number of nitrogens with zero attached hydrogens (tertiary/aromatic N) is 1. The Kier molecular flexibility index (Phi) is 3.73. The number of nitrogens with one attached hydrogen (secondary N) is 1. The predicted molar refractivity (Wildman–Crippen MR) is 84.1 cm³/mol. The van der Waals surface area contributed by atoms with Crippen molar-refractivity contribution in [3.05, 3.63) is 69.4 Å². The molecule has 0 saturated carbocycles. The van der Waals surface area contributed by atoms with Gasteiger partial charge >= 0.3 is 0 Å². The molecule has 0 aliphatic rings. The third-order valence-corrected chi connectivity index (χ3v) is 3.70. The van der Waals surface area contributed by atoms with Crippen LogP contribution in [0.25, 0.3) is 10.9 Å². The van der Waals surface area contributed by atoms with Crippen molar-refractivity contribution in [3.63, 3.8) is 0 Å². The maximum absolute atomic E-state index is 12.5. The number of hydrogen-bond donors (Lipinski definition) is 1. The summed E-state index contributed by atoms with van der Waals surface area (Å²) in [6.45, 7) is 0.225. The van der Waals surface area contributed by atoms with Crippen LogP contribution >= 0.6 is 11.6 Å². The van der Waals surface area contributed by atoms with Gasteiger partial charge in [-0.2, -0.15) is 0 Å². The number of hydrogen-bond acceptors (Lipinski definition) is 3. The first-order chi connectivity index (χ1) is 10.6. The molecule has 112 valence electrons. The maximum Gasteiger partial charge on any atom is 0.257 e. The highest BCUT2D eigenvalue weighted by atomic mass is 35.5. The van der Waals surface area contributed by atoms with Crippen molar-refractivity contribution < 1.29 is 9.21 Å². The molecule has 3 rings (SSSR count). The van der Waals surface area contributed by atoms with E-state index in [9.17, 15) is 9.59 Å². The van der Waals surface area contributed by atoms with Gasteiger partial charge in [-0.25, -0.2) is 0 Å². The summed E-state index contributed by atoms with van der Waals surface area (Å²) in [5.41, 5.74) is 0.341. The van der Waals surface area contributed by atoms with Gasteiger partial charge in [-0.3, -0.25) is 9.59 Å². The summed E-state index contributed by atoms with van der Waals surface area (Å²) < 4.78 is 6.83. The number of pyridine rings is 1. The lowest BCUT2D eigenvalue weighted by atomic mass is 10.1. The van der Waals surface area contributed by atoms with Crippen LogP contribution in [0.4, 0.5) is 0 Å². The lowest BCUT2D eigenvalue weighted by molar-refractivity contribution is 0.0946. The second-order valence-corrected chi connectivity index (χ2v) is 5.29. The number of benzene rings is 1. The van der Waals surface area contributed by atoms with E-state index in [1.807, 2.05) is 0 Å². The topological polar surface area (TPSA) is 64.2 Å². The first kappa shape index (κ1) is 14.4. The molecule has 1 N–H and O–H groups in total. The summed E-state index contributed by atoms with van der Waals surface area (Å²) in [7, 11) is 1.75. The molecular formula is C16H13ClN2O3. The lowest BCUT2D eigenvalue weighted by Crippen LogP contribution is -2.29. The van der Waals surface area contributed by atoms with E-state index in [4.69, 9.17) is 16.0 Å². The molecule has 0 saturated heterocycles. The Morgan fingerprint density at radius 3 is 2.86 bits per heavy atom. The van der Waals surface area contributed by atoms with Gasteiger partial charge in [0.2, 0.25) is 5.43 Å². The molecule has 0 aliphatic heterocycles. The minimum absolute atomic E-state index is 0.0730. The zero-order valence-electron chi connectivity index (χ0n) is 11.8. The Morgan fingerprint density at radius 2 is 2.14 bits per heavy atom. The number of aromatic nitrogens is 1. The normalized spacial score (nSPS) is 10.8. The fraction of sp³-hybridized carbons (Fsp3) is 0.125. The SMILES string of the molecule is Cn1cc(C(=O)NCc2ccco2)c(=O)c2cccc(Cl)c21. The van der Waals surface area contributed by atoms with E-state index in [-0.39, 0.29) is 17.5 Å². The Balaban J connectivity index is 1.99. The first-order valence-electron chi connectivity index (χ1n) is 6.66. The van der Waals surface area contributed by atoms with E-state index in [1.54, 1.807) is 41.9 Å². The van der Waals surface area contributed by atoms with Gasteiger partial charge < -0.3 is 14.3 Å². The summed E-state index contributed by atoms with van der Waals surface area (Å²) in [6.07, 6.45) is 3.02. The van der Waals surface area contributed by atoms with E-state index in [2.05, 4.69) is 5.32 Å². The molecule has 1 amide bonds. The summed E-state index contributed by atoms with van der Waals surface area (Å²) in [6, 6.07) is 8.54. The molecule has 2 aromatic heterocycles. The molecule has 0 bridgehead atoms. The van der Waals surface area contributed by atoms with E-state index in [0.29, 0.717) is 21.7 Å². The molecule has 0 atom stereocenters. The summed E-state index contributed by atoms with van der Waals surface area (Å²) in [4.78, 5) is 24.7. The number of para-hydroxylation sites is 1. The highest BCUT2D eigenvalue weighted by Gasteiger charge is 2.15. The van der Waals surface area contributed by atoms with Crippen molar-refractivity contribution in [2.24, 2.45) is 7.05 Å². The van der Waals surface area contributed by atoms with Crippen LogP contribution in [0.2, 0.25) is 5.02 Å². The van der Waals surface area contributed by atoms with Crippen LogP contribution in [0.15, 0.2) is 52.0 Å². The maximum atomic E-state index is 12.5. The molecule has 3 aromatic rings. The first-order valence-corrected chi connectivity index (χ1v) is 7.04. The number of carbonyl (C=O) groups is 1. The highest BCUT2D eigenvalue weighted by Crippen LogP contribution is 2.20. The predicted octanol–water partition coefficient (Wildman–Crippen LogP) is 2.71. The van der Waals surface area contributed by atoms with Gasteiger partial charge in [-0.05, 0) is 24.3 Å². The van der Waals surface area contributed by atoms with Gasteiger partial charge in [-0.15, -0.1) is 0 Å². The van der Waals surface area contributed by atoms with Crippen molar-refractivity contribution >= 4 is 28.4 Å². The fourth-order valence-corrected chi connectivity index (χ4v) is 2.66. The van der Waals surface area contributed by atoms with E-state index < -0.39 is 5.91 Å². The van der Waals surface area contributed by atoms with Crippen LogP contribution in [0.5, 0.6) is 0 Å². The van der Waals surface area contributed by atoms with Crippen molar-refractivity contribution in [3.8, 4) is 0 Å². The van der Waals surface area contributed by atoms with Crippen LogP contribution < -0.4 is 10.7 Å². The van der Waals surface area contributed by atoms with Gasteiger partial charge in [0.15, 0.2) is 0 Å². The molecule has 0 fully saturated rings. The molecule has 1 aromatic carbocycles. The van der Waals surface area contributed by atoms with Crippen LogP contribution in [0, 0.1) is 0 Å². The molecule has 2 heterocycles. The Morgan fingerprint density at radius 1 is 1.32 bits per heavy atom. The Hall–Kier alpha value is -2.53. The standard InChI is InChI=1S/C16H13ClN2O3/c1-19-9-12(16(21)18-8-10-4-3-7-22-10)15(20)11-5-2-6-13(17)14(11)19/h2-7,9H,8H2,1H3,(H,18,21). The Bertz CT molecular complexity index is 898. The number of furan rings is 1. The number of fused-ring (bicyclic) bond motifs is 1. The second-order valence-electron chi connectivity index (χ2n) is 4.88. The van der Waals surface area contributed by atoms with E-state index >= 15 is 0 Å². The zero-order valence-corrected chi connectivity index (χ0v) is 12.6. The van der Waals surface area contributed by atoms with Crippen molar-refractivity contribution in [1.82, 2.24) is 9.88 Å². The number of aryl methyl sites for hydroxylation is 1. The van der Waals surface area contributed by atoms with Crippen molar-refractivity contribution in [1.29, 1.82) is 0 Å². The average Bonchev–Trinajstić information content (AvgIpc) is 3.01. The minimum Gasteiger partial charge on any atom is -0.467 e. The molecule has 22 heavy (non-hydrogen) atoms. The largest absolute Gasteiger partial charge is 0.467 e. The van der Waals surface area contributed by atoms with Gasteiger partial charge in [-0.1, -0.05) is 17.7 Å². The second kappa shape index (κ2) is 5.69. The van der Waals surface area contributed by atoms with Crippen LogP contribution in [0.1, 0.15) is 16.1 Å². The number of carbonyl (C=O) groups excluding carboxylic acids is 1. The molecule has 0 aliphatic carbocycles. The Labute approximate surface area is 131 Å². The van der Waals surface area contributed by atoms with Crippen LogP contribution in [0.3, 0.4) is 0 Å². The summed E-state index contributed by atoms with van der Waals surface area (Å²) >= 11 is 6.12. The summed E-state index contributed by atoms with van der Waals surface area (Å²) in [5.74, 6) is 0.174. The van der Waals surface area contributed by atoms with Crippen LogP contribution in [-0.2, 0) is 13.6 Å². The minimum atomic E-state index is -0.445. The fourth-order valence-electron chi connectivity index (χ4n) is 2.36. The zero-order chi connectivity index (χ0) is 15.7. The molecule has 0 spiro atoms. The molecule has 6 heteroatoms. The van der Waals surface area contributed by atoms with Crippen molar-refractivity contribution in [2.45, 2.75) is 6.54 Å². The molecule has 5 nitrogen and oxygen atoms in total. The summed E-state index contributed by atoms with van der Waals surface area (Å²) in [5, 5.41) is 3.56. The van der Waals surface area contributed by atoms with Gasteiger partial charge in [0.1, 0.15) is 11.3 Å². The average molecular weight is 317 g/mol. The van der Waals surface area contributed by atoms with E-state index in [0.717, 1.165) is 0 Å². The molecular weight excluding hydrogens is 304 g/mol. The van der Waals surface area contributed by atoms with Gasteiger partial charge in [0, 0.05) is 18.6 Å². The molecule has 0 radical (unpaired) electrons. The monoisotopic (exact) mass is 316 g/mol.